The molecule has 0 spiro atoms. The minimum absolute atomic E-state index is 0.0823. The first-order chi connectivity index (χ1) is 11.7. The molecule has 0 fully saturated rings. The van der Waals surface area contributed by atoms with Crippen LogP contribution in [0.25, 0.3) is 5.57 Å². The molecule has 0 bridgehead atoms. The number of rotatable bonds is 3. The van der Waals surface area contributed by atoms with Crippen LogP contribution >= 0.6 is 35.0 Å². The van der Waals surface area contributed by atoms with Crippen molar-refractivity contribution in [2.75, 3.05) is 0 Å². The highest BCUT2D eigenvalue weighted by atomic mass is 35.5. The minimum Gasteiger partial charge on any atom is -0.169 e. The molecule has 3 rings (SSSR count). The van der Waals surface area contributed by atoms with Crippen molar-refractivity contribution in [3.05, 3.63) is 74.6 Å². The molecule has 25 heavy (non-hydrogen) atoms. The molecule has 0 aliphatic carbocycles. The van der Waals surface area contributed by atoms with E-state index < -0.39 is 10.9 Å². The van der Waals surface area contributed by atoms with Crippen molar-refractivity contribution < 1.29 is 13.2 Å². The Morgan fingerprint density at radius 2 is 1.64 bits per heavy atom. The molecule has 1 aliphatic rings. The van der Waals surface area contributed by atoms with Crippen LogP contribution in [0.2, 0.25) is 10.0 Å². The zero-order chi connectivity index (χ0) is 18.2. The van der Waals surface area contributed by atoms with Crippen molar-refractivity contribution in [3.63, 3.8) is 0 Å². The van der Waals surface area contributed by atoms with Gasteiger partial charge in [0.1, 0.15) is 4.75 Å². The van der Waals surface area contributed by atoms with E-state index in [1.165, 1.54) is 18.2 Å². The van der Waals surface area contributed by atoms with Crippen LogP contribution in [-0.4, -0.2) is 6.18 Å². The Hall–Kier alpha value is -1.10. The van der Waals surface area contributed by atoms with E-state index in [1.807, 2.05) is 31.2 Å². The van der Waals surface area contributed by atoms with Gasteiger partial charge in [-0.3, -0.25) is 0 Å². The van der Waals surface area contributed by atoms with Crippen LogP contribution in [0.5, 0.6) is 0 Å². The topological polar surface area (TPSA) is 0 Å². The maximum atomic E-state index is 14.0. The first-order valence-corrected chi connectivity index (χ1v) is 9.38. The number of hydrogen-bond donors (Lipinski definition) is 0. The van der Waals surface area contributed by atoms with Gasteiger partial charge in [-0.1, -0.05) is 54.4 Å². The molecule has 2 aromatic rings. The van der Waals surface area contributed by atoms with Gasteiger partial charge in [-0.05, 0) is 52.3 Å². The monoisotopic (exact) mass is 402 g/mol. The minimum atomic E-state index is -4.44. The number of allylic oxidation sites excluding steroid dienone is 1. The quantitative estimate of drug-likeness (QED) is 0.512. The summed E-state index contributed by atoms with van der Waals surface area (Å²) < 4.78 is 40.0. The molecule has 1 heterocycles. The highest BCUT2D eigenvalue weighted by Crippen LogP contribution is 2.60. The number of halogens is 5. The van der Waals surface area contributed by atoms with E-state index in [9.17, 15) is 13.2 Å². The summed E-state index contributed by atoms with van der Waals surface area (Å²) in [6.45, 7) is 2.04. The molecule has 2 aromatic carbocycles. The standard InChI is InChI=1S/C19H15Cl2F3S/c1-2-12-3-5-13(6-4-12)14-10-18(25-11-14,19(22,23)24)15-7-16(20)9-17(21)8-15/h3-9,11H,2,10H2,1H3. The Kier molecular flexibility index (Phi) is 5.16. The molecule has 0 saturated carbocycles. The van der Waals surface area contributed by atoms with Crippen LogP contribution in [0.1, 0.15) is 30.0 Å². The summed E-state index contributed by atoms with van der Waals surface area (Å²) in [5, 5.41) is 2.00. The van der Waals surface area contributed by atoms with Crippen LogP contribution in [0.3, 0.4) is 0 Å². The summed E-state index contributed by atoms with van der Waals surface area (Å²) in [4.78, 5) is 0. The van der Waals surface area contributed by atoms with Crippen molar-refractivity contribution in [2.45, 2.75) is 30.7 Å². The predicted octanol–water partition coefficient (Wildman–Crippen LogP) is 7.49. The fraction of sp³-hybridized carbons (Fsp3) is 0.263. The average Bonchev–Trinajstić information content (AvgIpc) is 3.00. The highest BCUT2D eigenvalue weighted by molar-refractivity contribution is 8.03. The lowest BCUT2D eigenvalue weighted by Crippen LogP contribution is -2.37. The zero-order valence-electron chi connectivity index (χ0n) is 13.3. The molecule has 0 nitrogen and oxygen atoms in total. The molecule has 0 amide bonds. The number of aryl methyl sites for hydroxylation is 1. The zero-order valence-corrected chi connectivity index (χ0v) is 15.7. The summed E-state index contributed by atoms with van der Waals surface area (Å²) in [5.41, 5.74) is 2.71. The van der Waals surface area contributed by atoms with Crippen molar-refractivity contribution in [3.8, 4) is 0 Å². The van der Waals surface area contributed by atoms with Crippen LogP contribution in [-0.2, 0) is 11.2 Å². The Labute approximate surface area is 159 Å². The lowest BCUT2D eigenvalue weighted by Gasteiger charge is -2.32. The Balaban J connectivity index is 2.00. The molecule has 1 unspecified atom stereocenters. The van der Waals surface area contributed by atoms with Gasteiger partial charge < -0.3 is 0 Å². The molecule has 0 aromatic heterocycles. The molecule has 0 radical (unpaired) electrons. The van der Waals surface area contributed by atoms with Crippen LogP contribution < -0.4 is 0 Å². The Bertz CT molecular complexity index is 792. The summed E-state index contributed by atoms with van der Waals surface area (Å²) >= 11 is 12.7. The van der Waals surface area contributed by atoms with E-state index in [0.29, 0.717) is 5.57 Å². The smallest absolute Gasteiger partial charge is 0.169 e. The van der Waals surface area contributed by atoms with E-state index in [1.54, 1.807) is 5.41 Å². The van der Waals surface area contributed by atoms with Crippen molar-refractivity contribution in [1.82, 2.24) is 0 Å². The normalized spacial score (nSPS) is 20.6. The van der Waals surface area contributed by atoms with Gasteiger partial charge in [-0.2, -0.15) is 13.2 Å². The van der Waals surface area contributed by atoms with Crippen molar-refractivity contribution in [1.29, 1.82) is 0 Å². The van der Waals surface area contributed by atoms with Crippen LogP contribution in [0.15, 0.2) is 47.9 Å². The SMILES string of the molecule is CCc1ccc(C2=CSC(c3cc(Cl)cc(Cl)c3)(C(F)(F)F)C2)cc1. The predicted molar refractivity (Wildman–Crippen MR) is 100 cm³/mol. The molecule has 132 valence electrons. The number of alkyl halides is 3. The second kappa shape index (κ2) is 6.90. The van der Waals surface area contributed by atoms with E-state index in [0.717, 1.165) is 29.3 Å². The van der Waals surface area contributed by atoms with Gasteiger partial charge in [0, 0.05) is 16.5 Å². The summed E-state index contributed by atoms with van der Waals surface area (Å²) in [5.74, 6) is 0. The third-order valence-electron chi connectivity index (χ3n) is 4.36. The van der Waals surface area contributed by atoms with Gasteiger partial charge in [0.15, 0.2) is 0 Å². The lowest BCUT2D eigenvalue weighted by atomic mass is 9.88. The van der Waals surface area contributed by atoms with Crippen molar-refractivity contribution >= 4 is 40.5 Å². The highest BCUT2D eigenvalue weighted by Gasteiger charge is 2.58. The third kappa shape index (κ3) is 3.57. The lowest BCUT2D eigenvalue weighted by molar-refractivity contribution is -0.160. The van der Waals surface area contributed by atoms with E-state index in [-0.39, 0.29) is 22.0 Å². The van der Waals surface area contributed by atoms with Gasteiger partial charge in [0.05, 0.1) is 0 Å². The summed E-state index contributed by atoms with van der Waals surface area (Å²) in [6, 6.07) is 11.8. The second-order valence-corrected chi connectivity index (χ2v) is 8.01. The third-order valence-corrected chi connectivity index (χ3v) is 6.21. The number of thioether (sulfide) groups is 1. The molecular formula is C19H15Cl2F3S. The summed E-state index contributed by atoms with van der Waals surface area (Å²) in [6.07, 6.45) is -3.70. The van der Waals surface area contributed by atoms with Gasteiger partial charge in [0.2, 0.25) is 0 Å². The fourth-order valence-electron chi connectivity index (χ4n) is 2.94. The maximum Gasteiger partial charge on any atom is 0.407 e. The molecule has 0 N–H and O–H groups in total. The first-order valence-electron chi connectivity index (χ1n) is 7.74. The molecule has 0 saturated heterocycles. The van der Waals surface area contributed by atoms with Gasteiger partial charge >= 0.3 is 6.18 Å². The maximum absolute atomic E-state index is 14.0. The van der Waals surface area contributed by atoms with E-state index in [2.05, 4.69) is 0 Å². The van der Waals surface area contributed by atoms with Crippen molar-refractivity contribution in [2.24, 2.45) is 0 Å². The first kappa shape index (κ1) is 18.7. The Morgan fingerprint density at radius 1 is 1.04 bits per heavy atom. The van der Waals surface area contributed by atoms with Crippen LogP contribution in [0, 0.1) is 0 Å². The van der Waals surface area contributed by atoms with Gasteiger partial charge in [0.25, 0.3) is 0 Å². The average molecular weight is 403 g/mol. The summed E-state index contributed by atoms with van der Waals surface area (Å²) in [7, 11) is 0. The van der Waals surface area contributed by atoms with Gasteiger partial charge in [-0.25, -0.2) is 0 Å². The molecule has 6 heteroatoms. The van der Waals surface area contributed by atoms with E-state index >= 15 is 0 Å². The Morgan fingerprint density at radius 3 is 2.16 bits per heavy atom. The van der Waals surface area contributed by atoms with E-state index in [4.69, 9.17) is 23.2 Å². The molecular weight excluding hydrogens is 388 g/mol. The number of benzene rings is 2. The fourth-order valence-corrected chi connectivity index (χ4v) is 4.65. The van der Waals surface area contributed by atoms with Gasteiger partial charge in [-0.15, -0.1) is 11.8 Å². The molecule has 1 atom stereocenters. The molecule has 1 aliphatic heterocycles. The number of hydrogen-bond acceptors (Lipinski definition) is 1. The largest absolute Gasteiger partial charge is 0.407 e. The van der Waals surface area contributed by atoms with Crippen LogP contribution in [0.4, 0.5) is 13.2 Å². The second-order valence-electron chi connectivity index (χ2n) is 5.97.